The molecule has 1 aliphatic heterocycles. The minimum atomic E-state index is -0.565. The van der Waals surface area contributed by atoms with E-state index in [4.69, 9.17) is 4.42 Å². The van der Waals surface area contributed by atoms with Gasteiger partial charge < -0.3 is 14.4 Å². The minimum Gasteiger partial charge on any atom is -0.507 e. The molecule has 1 amide bonds. The Kier molecular flexibility index (Phi) is 4.88. The van der Waals surface area contributed by atoms with Gasteiger partial charge in [0.2, 0.25) is 5.91 Å². The summed E-state index contributed by atoms with van der Waals surface area (Å²) in [6.45, 7) is 3.34. The van der Waals surface area contributed by atoms with E-state index in [0.29, 0.717) is 29.2 Å². The Bertz CT molecular complexity index is 877. The number of amides is 1. The Hall–Kier alpha value is -2.63. The largest absolute Gasteiger partial charge is 0.507 e. The molecule has 1 aromatic carbocycles. The molecule has 25 heavy (non-hydrogen) atoms. The lowest BCUT2D eigenvalue weighted by molar-refractivity contribution is -0.132. The van der Waals surface area contributed by atoms with E-state index in [1.54, 1.807) is 13.0 Å². The first kappa shape index (κ1) is 17.2. The number of aromatic hydroxyl groups is 1. The maximum absolute atomic E-state index is 12.3. The summed E-state index contributed by atoms with van der Waals surface area (Å²) in [7, 11) is 0. The molecule has 1 fully saturated rings. The predicted molar refractivity (Wildman–Crippen MR) is 93.0 cm³/mol. The monoisotopic (exact) mass is 343 g/mol. The van der Waals surface area contributed by atoms with Crippen LogP contribution in [0.3, 0.4) is 0 Å². The van der Waals surface area contributed by atoms with Crippen molar-refractivity contribution in [2.45, 2.75) is 39.0 Å². The molecule has 1 N–H and O–H groups in total. The fourth-order valence-corrected chi connectivity index (χ4v) is 3.40. The van der Waals surface area contributed by atoms with Crippen molar-refractivity contribution in [1.29, 1.82) is 0 Å². The summed E-state index contributed by atoms with van der Waals surface area (Å²) in [5.41, 5.74) is 0.614. The summed E-state index contributed by atoms with van der Waals surface area (Å²) in [4.78, 5) is 37.7. The van der Waals surface area contributed by atoms with E-state index < -0.39 is 5.63 Å². The average Bonchev–Trinajstić information content (AvgIpc) is 2.62. The van der Waals surface area contributed by atoms with Crippen LogP contribution in [0.2, 0.25) is 0 Å². The molecule has 132 valence electrons. The normalized spacial score (nSPS) is 14.7. The van der Waals surface area contributed by atoms with Crippen LogP contribution in [0.15, 0.2) is 21.3 Å². The van der Waals surface area contributed by atoms with E-state index in [0.717, 1.165) is 32.4 Å². The molecule has 0 atom stereocenters. The van der Waals surface area contributed by atoms with Gasteiger partial charge in [-0.25, -0.2) is 4.79 Å². The highest BCUT2D eigenvalue weighted by Gasteiger charge is 2.20. The van der Waals surface area contributed by atoms with Crippen molar-refractivity contribution in [1.82, 2.24) is 4.90 Å². The number of piperidine rings is 1. The Morgan fingerprint density at radius 2 is 2.00 bits per heavy atom. The molecule has 1 saturated heterocycles. The third-order valence-electron chi connectivity index (χ3n) is 4.89. The molecule has 0 radical (unpaired) electrons. The summed E-state index contributed by atoms with van der Waals surface area (Å²) in [6, 6.07) is 3.02. The highest BCUT2D eigenvalue weighted by Crippen LogP contribution is 2.28. The van der Waals surface area contributed by atoms with Gasteiger partial charge in [0.05, 0.1) is 5.56 Å². The summed E-state index contributed by atoms with van der Waals surface area (Å²) in [6.07, 6.45) is 4.25. The standard InChI is InChI=1S/C19H21NO5/c1-12-13-5-7-16(22)15(11-21)18(13)25-19(24)14(12)6-8-17(23)20-9-3-2-4-10-20/h5,7,11,22H,2-4,6,8-10H2,1H3. The van der Waals surface area contributed by atoms with Crippen LogP contribution in [0.25, 0.3) is 11.0 Å². The zero-order valence-electron chi connectivity index (χ0n) is 14.2. The fourth-order valence-electron chi connectivity index (χ4n) is 3.40. The lowest BCUT2D eigenvalue weighted by Gasteiger charge is -2.26. The number of aldehydes is 1. The predicted octanol–water partition coefficient (Wildman–Crippen LogP) is 2.56. The topological polar surface area (TPSA) is 87.8 Å². The molecular weight excluding hydrogens is 322 g/mol. The number of carbonyl (C=O) groups is 2. The third kappa shape index (κ3) is 3.29. The van der Waals surface area contributed by atoms with Crippen LogP contribution in [0.5, 0.6) is 5.75 Å². The van der Waals surface area contributed by atoms with Crippen LogP contribution < -0.4 is 5.63 Å². The lowest BCUT2D eigenvalue weighted by Crippen LogP contribution is -2.35. The van der Waals surface area contributed by atoms with Gasteiger partial charge >= 0.3 is 5.63 Å². The van der Waals surface area contributed by atoms with Crippen LogP contribution >= 0.6 is 0 Å². The van der Waals surface area contributed by atoms with Crippen molar-refractivity contribution >= 4 is 23.2 Å². The zero-order valence-corrected chi connectivity index (χ0v) is 14.2. The molecule has 0 spiro atoms. The summed E-state index contributed by atoms with van der Waals surface area (Å²) in [5, 5.41) is 10.3. The summed E-state index contributed by atoms with van der Waals surface area (Å²) >= 11 is 0. The number of rotatable bonds is 4. The van der Waals surface area contributed by atoms with Gasteiger partial charge in [0.1, 0.15) is 5.75 Å². The average molecular weight is 343 g/mol. The first-order valence-corrected chi connectivity index (χ1v) is 8.54. The smallest absolute Gasteiger partial charge is 0.339 e. The Morgan fingerprint density at radius 1 is 1.28 bits per heavy atom. The van der Waals surface area contributed by atoms with E-state index in [1.165, 1.54) is 6.07 Å². The maximum Gasteiger partial charge on any atom is 0.339 e. The van der Waals surface area contributed by atoms with E-state index in [9.17, 15) is 19.5 Å². The number of phenols is 1. The Morgan fingerprint density at radius 3 is 2.68 bits per heavy atom. The highest BCUT2D eigenvalue weighted by molar-refractivity contribution is 5.98. The number of likely N-dealkylation sites (tertiary alicyclic amines) is 1. The zero-order chi connectivity index (χ0) is 18.0. The molecule has 0 saturated carbocycles. The SMILES string of the molecule is Cc1c(CCC(=O)N2CCCCC2)c(=O)oc2c(C=O)c(O)ccc12. The van der Waals surface area contributed by atoms with Crippen molar-refractivity contribution in [3.8, 4) is 5.75 Å². The quantitative estimate of drug-likeness (QED) is 0.681. The maximum atomic E-state index is 12.3. The third-order valence-corrected chi connectivity index (χ3v) is 4.89. The number of benzene rings is 1. The number of aryl methyl sites for hydroxylation is 1. The summed E-state index contributed by atoms with van der Waals surface area (Å²) in [5.74, 6) is -0.170. The highest BCUT2D eigenvalue weighted by atomic mass is 16.4. The van der Waals surface area contributed by atoms with Gasteiger partial charge in [-0.15, -0.1) is 0 Å². The van der Waals surface area contributed by atoms with E-state index in [2.05, 4.69) is 0 Å². The van der Waals surface area contributed by atoms with E-state index >= 15 is 0 Å². The number of carbonyl (C=O) groups excluding carboxylic acids is 2. The van der Waals surface area contributed by atoms with Crippen LogP contribution in [-0.4, -0.2) is 35.3 Å². The van der Waals surface area contributed by atoms with E-state index in [1.807, 2.05) is 4.90 Å². The fraction of sp³-hybridized carbons (Fsp3) is 0.421. The van der Waals surface area contributed by atoms with Gasteiger partial charge in [-0.05, 0) is 50.3 Å². The van der Waals surface area contributed by atoms with Crippen molar-refractivity contribution in [2.24, 2.45) is 0 Å². The summed E-state index contributed by atoms with van der Waals surface area (Å²) < 4.78 is 5.28. The van der Waals surface area contributed by atoms with Crippen molar-refractivity contribution in [2.75, 3.05) is 13.1 Å². The first-order chi connectivity index (χ1) is 12.0. The molecule has 3 rings (SSSR count). The van der Waals surface area contributed by atoms with Gasteiger partial charge in [0.15, 0.2) is 11.9 Å². The number of hydrogen-bond donors (Lipinski definition) is 1. The minimum absolute atomic E-state index is 0.0337. The molecule has 6 nitrogen and oxygen atoms in total. The van der Waals surface area contributed by atoms with Crippen LogP contribution in [0, 0.1) is 6.92 Å². The molecule has 6 heteroatoms. The van der Waals surface area contributed by atoms with Crippen molar-refractivity contribution in [3.63, 3.8) is 0 Å². The van der Waals surface area contributed by atoms with Crippen molar-refractivity contribution < 1.29 is 19.1 Å². The number of hydrogen-bond acceptors (Lipinski definition) is 5. The van der Waals surface area contributed by atoms with Gasteiger partial charge in [-0.2, -0.15) is 0 Å². The number of phenolic OH excluding ortho intramolecular Hbond substituents is 1. The van der Waals surface area contributed by atoms with Crippen LogP contribution in [0.4, 0.5) is 0 Å². The molecule has 0 unspecified atom stereocenters. The van der Waals surface area contributed by atoms with Crippen molar-refractivity contribution in [3.05, 3.63) is 39.2 Å². The van der Waals surface area contributed by atoms with E-state index in [-0.39, 0.29) is 29.2 Å². The van der Waals surface area contributed by atoms with Gasteiger partial charge in [-0.3, -0.25) is 9.59 Å². The number of fused-ring (bicyclic) bond motifs is 1. The lowest BCUT2D eigenvalue weighted by atomic mass is 10.00. The second kappa shape index (κ2) is 7.09. The molecule has 1 aromatic heterocycles. The molecular formula is C19H21NO5. The van der Waals surface area contributed by atoms with Gasteiger partial charge in [0.25, 0.3) is 0 Å². The molecule has 2 aromatic rings. The molecule has 0 aliphatic carbocycles. The van der Waals surface area contributed by atoms with Crippen LogP contribution in [0.1, 0.15) is 47.2 Å². The second-order valence-electron chi connectivity index (χ2n) is 6.43. The Labute approximate surface area is 145 Å². The van der Waals surface area contributed by atoms with Gasteiger partial charge in [0, 0.05) is 30.5 Å². The molecule has 1 aliphatic rings. The molecule has 2 heterocycles. The Balaban J connectivity index is 1.89. The number of nitrogens with zero attached hydrogens (tertiary/aromatic N) is 1. The van der Waals surface area contributed by atoms with Crippen LogP contribution in [-0.2, 0) is 11.2 Å². The first-order valence-electron chi connectivity index (χ1n) is 8.54. The van der Waals surface area contributed by atoms with Gasteiger partial charge in [-0.1, -0.05) is 0 Å². The molecule has 0 bridgehead atoms. The second-order valence-corrected chi connectivity index (χ2v) is 6.43.